The Morgan fingerprint density at radius 1 is 1.52 bits per heavy atom. The molecule has 5 nitrogen and oxygen atoms in total. The molecule has 0 unspecified atom stereocenters. The highest BCUT2D eigenvalue weighted by Crippen LogP contribution is 2.37. The van der Waals surface area contributed by atoms with Gasteiger partial charge >= 0.3 is 12.1 Å². The molecule has 0 aliphatic carbocycles. The van der Waals surface area contributed by atoms with Crippen molar-refractivity contribution in [3.8, 4) is 0 Å². The SMILES string of the molecule is CC(=O)N[C@@H](CSc1ncc(Br)cc1C(F)(F)F)C(=O)O. The van der Waals surface area contributed by atoms with Gasteiger partial charge in [0.1, 0.15) is 11.1 Å². The van der Waals surface area contributed by atoms with Gasteiger partial charge in [0.05, 0.1) is 5.56 Å². The van der Waals surface area contributed by atoms with E-state index < -0.39 is 29.7 Å². The van der Waals surface area contributed by atoms with Crippen LogP contribution in [0.5, 0.6) is 0 Å². The monoisotopic (exact) mass is 386 g/mol. The van der Waals surface area contributed by atoms with Gasteiger partial charge in [-0.05, 0) is 22.0 Å². The highest BCUT2D eigenvalue weighted by molar-refractivity contribution is 9.10. The molecule has 1 rings (SSSR count). The molecule has 0 saturated heterocycles. The van der Waals surface area contributed by atoms with E-state index >= 15 is 0 Å². The molecule has 0 aromatic carbocycles. The summed E-state index contributed by atoms with van der Waals surface area (Å²) >= 11 is 3.52. The molecule has 0 fully saturated rings. The molecule has 0 aliphatic heterocycles. The van der Waals surface area contributed by atoms with Gasteiger partial charge in [-0.25, -0.2) is 9.78 Å². The summed E-state index contributed by atoms with van der Waals surface area (Å²) in [5.74, 6) is -2.18. The van der Waals surface area contributed by atoms with Gasteiger partial charge < -0.3 is 10.4 Å². The second-order valence-corrected chi connectivity index (χ2v) is 5.83. The van der Waals surface area contributed by atoms with Crippen molar-refractivity contribution < 1.29 is 27.9 Å². The third kappa shape index (κ3) is 5.54. The summed E-state index contributed by atoms with van der Waals surface area (Å²) in [4.78, 5) is 25.4. The summed E-state index contributed by atoms with van der Waals surface area (Å²) in [6.07, 6.45) is -3.42. The van der Waals surface area contributed by atoms with Gasteiger partial charge in [-0.1, -0.05) is 0 Å². The van der Waals surface area contributed by atoms with Crippen LogP contribution < -0.4 is 5.32 Å². The molecule has 1 aromatic rings. The first-order valence-electron chi connectivity index (χ1n) is 5.46. The van der Waals surface area contributed by atoms with E-state index in [-0.39, 0.29) is 15.3 Å². The van der Waals surface area contributed by atoms with Gasteiger partial charge in [-0.3, -0.25) is 4.79 Å². The summed E-state index contributed by atoms with van der Waals surface area (Å²) in [6.45, 7) is 1.12. The molecule has 1 aromatic heterocycles. The molecule has 116 valence electrons. The van der Waals surface area contributed by atoms with E-state index in [0.29, 0.717) is 11.8 Å². The number of hydrogen-bond donors (Lipinski definition) is 2. The van der Waals surface area contributed by atoms with Crippen molar-refractivity contribution in [2.24, 2.45) is 0 Å². The quantitative estimate of drug-likeness (QED) is 0.760. The predicted octanol–water partition coefficient (Wildman–Crippen LogP) is 2.54. The molecule has 1 amide bonds. The molecule has 0 radical (unpaired) electrons. The van der Waals surface area contributed by atoms with Crippen LogP contribution in [0.3, 0.4) is 0 Å². The number of nitrogens with one attached hydrogen (secondary N) is 1. The molecule has 1 heterocycles. The number of carbonyl (C=O) groups excluding carboxylic acids is 1. The van der Waals surface area contributed by atoms with Crippen molar-refractivity contribution in [2.75, 3.05) is 5.75 Å². The predicted molar refractivity (Wildman–Crippen MR) is 72.9 cm³/mol. The maximum Gasteiger partial charge on any atom is 0.419 e. The molecular weight excluding hydrogens is 377 g/mol. The zero-order valence-electron chi connectivity index (χ0n) is 10.6. The maximum atomic E-state index is 12.9. The zero-order chi connectivity index (χ0) is 16.2. The molecule has 0 saturated carbocycles. The third-order valence-corrected chi connectivity index (χ3v) is 3.72. The number of alkyl halides is 3. The van der Waals surface area contributed by atoms with Crippen molar-refractivity contribution >= 4 is 39.6 Å². The van der Waals surface area contributed by atoms with Crippen molar-refractivity contribution in [3.63, 3.8) is 0 Å². The van der Waals surface area contributed by atoms with Gasteiger partial charge in [0.15, 0.2) is 0 Å². The standard InChI is InChI=1S/C11H10BrF3N2O3S/c1-5(18)17-8(10(19)20)4-21-9-7(11(13,14)15)2-6(12)3-16-9/h2-3,8H,4H2,1H3,(H,17,18)(H,19,20)/t8-/m0/s1. The van der Waals surface area contributed by atoms with Crippen molar-refractivity contribution in [2.45, 2.75) is 24.2 Å². The minimum absolute atomic E-state index is 0.163. The lowest BCUT2D eigenvalue weighted by Gasteiger charge is -2.15. The number of rotatable bonds is 5. The number of pyridine rings is 1. The summed E-state index contributed by atoms with van der Waals surface area (Å²) in [7, 11) is 0. The average molecular weight is 387 g/mol. The normalized spacial score (nSPS) is 12.8. The van der Waals surface area contributed by atoms with Crippen LogP contribution >= 0.6 is 27.7 Å². The van der Waals surface area contributed by atoms with Crippen molar-refractivity contribution in [1.82, 2.24) is 10.3 Å². The Bertz CT molecular complexity index is 554. The first-order valence-corrected chi connectivity index (χ1v) is 7.24. The highest BCUT2D eigenvalue weighted by Gasteiger charge is 2.35. The Kier molecular flexibility index (Phi) is 6.02. The molecule has 21 heavy (non-hydrogen) atoms. The minimum atomic E-state index is -4.61. The van der Waals surface area contributed by atoms with Crippen LogP contribution in [0, 0.1) is 0 Å². The molecular formula is C11H10BrF3N2O3S. The molecule has 0 bridgehead atoms. The number of hydrogen-bond acceptors (Lipinski definition) is 4. The van der Waals surface area contributed by atoms with E-state index in [4.69, 9.17) is 5.11 Å². The maximum absolute atomic E-state index is 12.9. The Hall–Kier alpha value is -1.29. The highest BCUT2D eigenvalue weighted by atomic mass is 79.9. The number of nitrogens with zero attached hydrogens (tertiary/aromatic N) is 1. The summed E-state index contributed by atoms with van der Waals surface area (Å²) in [5.41, 5.74) is -0.964. The number of halogens is 4. The fourth-order valence-electron chi connectivity index (χ4n) is 1.33. The van der Waals surface area contributed by atoms with Gasteiger partial charge in [0, 0.05) is 23.3 Å². The number of thioether (sulfide) groups is 1. The van der Waals surface area contributed by atoms with Gasteiger partial charge in [-0.2, -0.15) is 13.2 Å². The fraction of sp³-hybridized carbons (Fsp3) is 0.364. The first-order chi connectivity index (χ1) is 9.61. The van der Waals surface area contributed by atoms with Crippen LogP contribution in [0.4, 0.5) is 13.2 Å². The molecule has 1 atom stereocenters. The molecule has 2 N–H and O–H groups in total. The van der Waals surface area contributed by atoms with E-state index in [2.05, 4.69) is 26.2 Å². The van der Waals surface area contributed by atoms with Crippen molar-refractivity contribution in [1.29, 1.82) is 0 Å². The summed E-state index contributed by atoms with van der Waals surface area (Å²) < 4.78 is 38.7. The molecule has 0 spiro atoms. The second-order valence-electron chi connectivity index (χ2n) is 3.91. The lowest BCUT2D eigenvalue weighted by Crippen LogP contribution is -2.41. The van der Waals surface area contributed by atoms with E-state index in [0.717, 1.165) is 13.0 Å². The Labute approximate surface area is 130 Å². The third-order valence-electron chi connectivity index (χ3n) is 2.19. The Morgan fingerprint density at radius 2 is 2.14 bits per heavy atom. The number of carboxylic acid groups (broad SMARTS) is 1. The van der Waals surface area contributed by atoms with Crippen LogP contribution in [0.1, 0.15) is 12.5 Å². The first kappa shape index (κ1) is 17.8. The number of amides is 1. The van der Waals surface area contributed by atoms with Gasteiger partial charge in [0.25, 0.3) is 0 Å². The number of carbonyl (C=O) groups is 2. The van der Waals surface area contributed by atoms with Crippen LogP contribution in [0.15, 0.2) is 21.8 Å². The summed E-state index contributed by atoms with van der Waals surface area (Å²) in [5, 5.41) is 10.7. The molecule has 0 aliphatic rings. The lowest BCUT2D eigenvalue weighted by molar-refractivity contribution is -0.140. The van der Waals surface area contributed by atoms with E-state index in [1.807, 2.05) is 0 Å². The summed E-state index contributed by atoms with van der Waals surface area (Å²) in [6, 6.07) is -0.428. The van der Waals surface area contributed by atoms with Crippen LogP contribution in [-0.2, 0) is 15.8 Å². The fourth-order valence-corrected chi connectivity index (χ4v) is 2.67. The van der Waals surface area contributed by atoms with Gasteiger partial charge in [-0.15, -0.1) is 11.8 Å². The Morgan fingerprint density at radius 3 is 2.62 bits per heavy atom. The smallest absolute Gasteiger partial charge is 0.419 e. The average Bonchev–Trinajstić information content (AvgIpc) is 2.33. The van der Waals surface area contributed by atoms with Crippen LogP contribution in [0.25, 0.3) is 0 Å². The van der Waals surface area contributed by atoms with E-state index in [1.54, 1.807) is 0 Å². The second kappa shape index (κ2) is 7.12. The minimum Gasteiger partial charge on any atom is -0.480 e. The van der Waals surface area contributed by atoms with Crippen LogP contribution in [0.2, 0.25) is 0 Å². The zero-order valence-corrected chi connectivity index (χ0v) is 13.0. The topological polar surface area (TPSA) is 79.3 Å². The lowest BCUT2D eigenvalue weighted by atomic mass is 10.3. The van der Waals surface area contributed by atoms with E-state index in [1.165, 1.54) is 6.20 Å². The van der Waals surface area contributed by atoms with Crippen molar-refractivity contribution in [3.05, 3.63) is 22.3 Å². The number of aliphatic carboxylic acids is 1. The molecule has 10 heteroatoms. The van der Waals surface area contributed by atoms with Gasteiger partial charge in [0.2, 0.25) is 5.91 Å². The van der Waals surface area contributed by atoms with E-state index in [9.17, 15) is 22.8 Å². The van der Waals surface area contributed by atoms with Crippen LogP contribution in [-0.4, -0.2) is 33.8 Å². The largest absolute Gasteiger partial charge is 0.480 e. The number of carboxylic acids is 1. The Balaban J connectivity index is 2.92. The number of aromatic nitrogens is 1.